The first kappa shape index (κ1) is 22.8. The van der Waals surface area contributed by atoms with Gasteiger partial charge >= 0.3 is 0 Å². The molecule has 0 atom stereocenters. The standard InChI is InChI=1S/C24H24Cl3NO2/c1-3-29-23-11-18(14-28-13-17-9-7-16(2)8-10-17)22(27)12-24(23)30-15-19-20(25)5-4-6-21(19)26/h4-12,28H,3,13-15H2,1-2H3. The first-order chi connectivity index (χ1) is 14.5. The number of hydrogen-bond acceptors (Lipinski definition) is 3. The van der Waals surface area contributed by atoms with E-state index in [1.54, 1.807) is 24.3 Å². The van der Waals surface area contributed by atoms with Crippen LogP contribution in [0.1, 0.15) is 29.2 Å². The first-order valence-electron chi connectivity index (χ1n) is 9.75. The summed E-state index contributed by atoms with van der Waals surface area (Å²) in [7, 11) is 0. The van der Waals surface area contributed by atoms with Crippen molar-refractivity contribution in [2.75, 3.05) is 6.61 Å². The summed E-state index contributed by atoms with van der Waals surface area (Å²) < 4.78 is 11.7. The Hall–Kier alpha value is -1.91. The summed E-state index contributed by atoms with van der Waals surface area (Å²) in [5, 5.41) is 5.15. The van der Waals surface area contributed by atoms with Gasteiger partial charge in [0, 0.05) is 39.8 Å². The van der Waals surface area contributed by atoms with Crippen molar-refractivity contribution >= 4 is 34.8 Å². The molecular weight excluding hydrogens is 441 g/mol. The summed E-state index contributed by atoms with van der Waals surface area (Å²) in [6, 6.07) is 17.5. The Bertz CT molecular complexity index is 970. The van der Waals surface area contributed by atoms with E-state index in [-0.39, 0.29) is 6.61 Å². The van der Waals surface area contributed by atoms with Gasteiger partial charge in [0.2, 0.25) is 0 Å². The maximum absolute atomic E-state index is 6.52. The molecular formula is C24H24Cl3NO2. The number of halogens is 3. The van der Waals surface area contributed by atoms with Crippen molar-refractivity contribution in [2.24, 2.45) is 0 Å². The first-order valence-corrected chi connectivity index (χ1v) is 10.9. The Labute approximate surface area is 192 Å². The third-order valence-corrected chi connectivity index (χ3v) is 5.67. The Morgan fingerprint density at radius 1 is 0.800 bits per heavy atom. The van der Waals surface area contributed by atoms with Crippen LogP contribution in [0, 0.1) is 6.92 Å². The van der Waals surface area contributed by atoms with Crippen molar-refractivity contribution < 1.29 is 9.47 Å². The van der Waals surface area contributed by atoms with Crippen LogP contribution in [0.2, 0.25) is 15.1 Å². The van der Waals surface area contributed by atoms with Crippen molar-refractivity contribution in [3.05, 3.63) is 91.9 Å². The van der Waals surface area contributed by atoms with Gasteiger partial charge < -0.3 is 14.8 Å². The molecule has 0 fully saturated rings. The molecule has 30 heavy (non-hydrogen) atoms. The summed E-state index contributed by atoms with van der Waals surface area (Å²) in [5.74, 6) is 1.19. The second kappa shape index (κ2) is 10.9. The highest BCUT2D eigenvalue weighted by atomic mass is 35.5. The molecule has 6 heteroatoms. The SMILES string of the molecule is CCOc1cc(CNCc2ccc(C)cc2)c(Cl)cc1OCc1c(Cl)cccc1Cl. The topological polar surface area (TPSA) is 30.5 Å². The number of aryl methyl sites for hydroxylation is 1. The molecule has 0 amide bonds. The van der Waals surface area contributed by atoms with Crippen LogP contribution in [-0.4, -0.2) is 6.61 Å². The van der Waals surface area contributed by atoms with Gasteiger partial charge in [-0.05, 0) is 43.2 Å². The molecule has 0 aromatic heterocycles. The fraction of sp³-hybridized carbons (Fsp3) is 0.250. The summed E-state index contributed by atoms with van der Waals surface area (Å²) in [6.45, 7) is 6.11. The lowest BCUT2D eigenvalue weighted by atomic mass is 10.1. The van der Waals surface area contributed by atoms with Gasteiger partial charge in [-0.1, -0.05) is 70.7 Å². The predicted octanol–water partition coefficient (Wildman–Crippen LogP) is 7.22. The van der Waals surface area contributed by atoms with Crippen LogP contribution in [0.5, 0.6) is 11.5 Å². The Morgan fingerprint density at radius 2 is 1.47 bits per heavy atom. The zero-order valence-electron chi connectivity index (χ0n) is 17.0. The molecule has 3 aromatic carbocycles. The molecule has 0 unspecified atom stereocenters. The summed E-state index contributed by atoms with van der Waals surface area (Å²) in [5.41, 5.74) is 4.13. The molecule has 158 valence electrons. The van der Waals surface area contributed by atoms with Gasteiger partial charge in [0.1, 0.15) is 6.61 Å². The van der Waals surface area contributed by atoms with E-state index in [0.717, 1.165) is 17.7 Å². The third kappa shape index (κ3) is 6.05. The Kier molecular flexibility index (Phi) is 8.29. The van der Waals surface area contributed by atoms with Crippen molar-refractivity contribution in [1.29, 1.82) is 0 Å². The smallest absolute Gasteiger partial charge is 0.163 e. The monoisotopic (exact) mass is 463 g/mol. The van der Waals surface area contributed by atoms with E-state index in [1.807, 2.05) is 13.0 Å². The van der Waals surface area contributed by atoms with Crippen LogP contribution >= 0.6 is 34.8 Å². The molecule has 1 N–H and O–H groups in total. The lowest BCUT2D eigenvalue weighted by Crippen LogP contribution is -2.13. The fourth-order valence-electron chi connectivity index (χ4n) is 2.96. The van der Waals surface area contributed by atoms with E-state index in [4.69, 9.17) is 44.3 Å². The zero-order valence-corrected chi connectivity index (χ0v) is 19.2. The normalized spacial score (nSPS) is 10.8. The van der Waals surface area contributed by atoms with Crippen molar-refractivity contribution in [3.8, 4) is 11.5 Å². The van der Waals surface area contributed by atoms with Gasteiger partial charge in [-0.25, -0.2) is 0 Å². The van der Waals surface area contributed by atoms with Crippen molar-refractivity contribution in [3.63, 3.8) is 0 Å². The molecule has 3 aromatic rings. The quantitative estimate of drug-likeness (QED) is 0.362. The number of rotatable bonds is 9. The van der Waals surface area contributed by atoms with Crippen molar-refractivity contribution in [2.45, 2.75) is 33.5 Å². The van der Waals surface area contributed by atoms with Crippen LogP contribution in [-0.2, 0) is 19.7 Å². The molecule has 0 radical (unpaired) electrons. The van der Waals surface area contributed by atoms with Crippen molar-refractivity contribution in [1.82, 2.24) is 5.32 Å². The van der Waals surface area contributed by atoms with Gasteiger partial charge in [-0.3, -0.25) is 0 Å². The average Bonchev–Trinajstić information content (AvgIpc) is 2.72. The predicted molar refractivity (Wildman–Crippen MR) is 125 cm³/mol. The molecule has 0 saturated carbocycles. The maximum atomic E-state index is 6.52. The van der Waals surface area contributed by atoms with E-state index in [1.165, 1.54) is 11.1 Å². The molecule has 3 rings (SSSR count). The molecule has 3 nitrogen and oxygen atoms in total. The van der Waals surface area contributed by atoms with E-state index in [2.05, 4.69) is 36.5 Å². The van der Waals surface area contributed by atoms with Gasteiger partial charge in [-0.2, -0.15) is 0 Å². The minimum absolute atomic E-state index is 0.222. The molecule has 0 aliphatic carbocycles. The molecule has 0 aliphatic rings. The van der Waals surface area contributed by atoms with Gasteiger partial charge in [0.15, 0.2) is 11.5 Å². The van der Waals surface area contributed by atoms with Crippen LogP contribution in [0.15, 0.2) is 54.6 Å². The highest BCUT2D eigenvalue weighted by molar-refractivity contribution is 6.36. The second-order valence-electron chi connectivity index (χ2n) is 6.90. The molecule has 0 heterocycles. The van der Waals surface area contributed by atoms with E-state index in [0.29, 0.717) is 39.7 Å². The minimum atomic E-state index is 0.222. The van der Waals surface area contributed by atoms with Crippen LogP contribution in [0.4, 0.5) is 0 Å². The lowest BCUT2D eigenvalue weighted by molar-refractivity contribution is 0.269. The molecule has 0 spiro atoms. The minimum Gasteiger partial charge on any atom is -0.490 e. The van der Waals surface area contributed by atoms with E-state index < -0.39 is 0 Å². The van der Waals surface area contributed by atoms with Crippen LogP contribution in [0.25, 0.3) is 0 Å². The summed E-state index contributed by atoms with van der Waals surface area (Å²) in [4.78, 5) is 0. The number of hydrogen-bond donors (Lipinski definition) is 1. The van der Waals surface area contributed by atoms with E-state index in [9.17, 15) is 0 Å². The summed E-state index contributed by atoms with van der Waals surface area (Å²) >= 11 is 19.0. The van der Waals surface area contributed by atoms with Gasteiger partial charge in [-0.15, -0.1) is 0 Å². The molecule has 0 bridgehead atoms. The Morgan fingerprint density at radius 3 is 2.13 bits per heavy atom. The lowest BCUT2D eigenvalue weighted by Gasteiger charge is -2.16. The third-order valence-electron chi connectivity index (χ3n) is 4.61. The highest BCUT2D eigenvalue weighted by Crippen LogP contribution is 2.35. The van der Waals surface area contributed by atoms with Gasteiger partial charge in [0.25, 0.3) is 0 Å². The Balaban J connectivity index is 1.70. The highest BCUT2D eigenvalue weighted by Gasteiger charge is 2.13. The number of benzene rings is 3. The largest absolute Gasteiger partial charge is 0.490 e. The molecule has 0 aliphatic heterocycles. The summed E-state index contributed by atoms with van der Waals surface area (Å²) in [6.07, 6.45) is 0. The maximum Gasteiger partial charge on any atom is 0.163 e. The number of nitrogens with one attached hydrogen (secondary N) is 1. The second-order valence-corrected chi connectivity index (χ2v) is 8.12. The van der Waals surface area contributed by atoms with Gasteiger partial charge in [0.05, 0.1) is 6.61 Å². The van der Waals surface area contributed by atoms with Crippen LogP contribution < -0.4 is 14.8 Å². The molecule has 0 saturated heterocycles. The fourth-order valence-corrected chi connectivity index (χ4v) is 3.69. The average molecular weight is 465 g/mol. The van der Waals surface area contributed by atoms with E-state index >= 15 is 0 Å². The van der Waals surface area contributed by atoms with Crippen LogP contribution in [0.3, 0.4) is 0 Å². The number of ether oxygens (including phenoxy) is 2. The zero-order chi connectivity index (χ0) is 21.5.